The Bertz CT molecular complexity index is 1220. The predicted molar refractivity (Wildman–Crippen MR) is 125 cm³/mol. The fourth-order valence-corrected chi connectivity index (χ4v) is 4.36. The summed E-state index contributed by atoms with van der Waals surface area (Å²) in [6.07, 6.45) is 2.38. The Morgan fingerprint density at radius 1 is 1.21 bits per heavy atom. The van der Waals surface area contributed by atoms with Crippen molar-refractivity contribution in [2.24, 2.45) is 4.99 Å². The molecule has 168 valence electrons. The fourth-order valence-electron chi connectivity index (χ4n) is 4.36. The molecule has 3 heterocycles. The lowest BCUT2D eigenvalue weighted by Crippen LogP contribution is -2.55. The number of likely N-dealkylation sites (tertiary alicyclic amines) is 1. The quantitative estimate of drug-likeness (QED) is 0.636. The SMILES string of the molecule is COc1ccc(C(=O)N2CCC3(C2)Nc2cccnc2NC3=NCc2ccccc2)cc1F. The van der Waals surface area contributed by atoms with Gasteiger partial charge in [0, 0.05) is 18.3 Å². The average molecular weight is 445 g/mol. The summed E-state index contributed by atoms with van der Waals surface area (Å²) < 4.78 is 19.2. The summed E-state index contributed by atoms with van der Waals surface area (Å²) in [5.74, 6) is 0.780. The molecule has 3 aromatic rings. The van der Waals surface area contributed by atoms with Gasteiger partial charge in [-0.2, -0.15) is 0 Å². The number of aliphatic imine (C=N–C) groups is 1. The number of hydrogen-bond donors (Lipinski definition) is 2. The Morgan fingerprint density at radius 3 is 2.85 bits per heavy atom. The van der Waals surface area contributed by atoms with Gasteiger partial charge in [-0.05, 0) is 42.3 Å². The van der Waals surface area contributed by atoms with Crippen molar-refractivity contribution in [3.05, 3.63) is 83.8 Å². The summed E-state index contributed by atoms with van der Waals surface area (Å²) in [6.45, 7) is 1.42. The van der Waals surface area contributed by atoms with Crippen LogP contribution in [0.4, 0.5) is 15.9 Å². The molecule has 33 heavy (non-hydrogen) atoms. The number of carbonyl (C=O) groups excluding carboxylic acids is 1. The van der Waals surface area contributed by atoms with E-state index in [4.69, 9.17) is 9.73 Å². The third kappa shape index (κ3) is 4.00. The van der Waals surface area contributed by atoms with Gasteiger partial charge in [0.05, 0.1) is 25.9 Å². The summed E-state index contributed by atoms with van der Waals surface area (Å²) in [5, 5.41) is 6.97. The molecular weight excluding hydrogens is 421 g/mol. The second kappa shape index (κ2) is 8.54. The molecule has 0 aliphatic carbocycles. The molecule has 0 saturated carbocycles. The molecule has 1 aromatic heterocycles. The van der Waals surface area contributed by atoms with E-state index in [-0.39, 0.29) is 11.7 Å². The second-order valence-electron chi connectivity index (χ2n) is 8.21. The molecule has 1 saturated heterocycles. The Kier molecular flexibility index (Phi) is 5.42. The molecular formula is C25H24FN5O2. The van der Waals surface area contributed by atoms with Crippen molar-refractivity contribution in [2.75, 3.05) is 30.8 Å². The zero-order valence-corrected chi connectivity index (χ0v) is 18.2. The average Bonchev–Trinajstić information content (AvgIpc) is 3.27. The van der Waals surface area contributed by atoms with Crippen molar-refractivity contribution < 1.29 is 13.9 Å². The van der Waals surface area contributed by atoms with Crippen LogP contribution >= 0.6 is 0 Å². The number of nitrogens with one attached hydrogen (secondary N) is 2. The lowest BCUT2D eigenvalue weighted by atomic mass is 9.93. The molecule has 1 fully saturated rings. The van der Waals surface area contributed by atoms with E-state index < -0.39 is 11.4 Å². The molecule has 2 aliphatic rings. The van der Waals surface area contributed by atoms with E-state index in [0.29, 0.717) is 37.4 Å². The number of carbonyl (C=O) groups is 1. The standard InChI is InChI=1S/C25H24FN5O2/c1-33-21-10-9-18(14-19(21)26)23(32)31-13-11-25(16-31)24(28-15-17-6-3-2-4-7-17)29-22-20(30-25)8-5-12-27-22/h2-10,12,14,30H,11,13,15-16H2,1H3,(H,27,28,29). The first-order chi connectivity index (χ1) is 16.1. The largest absolute Gasteiger partial charge is 0.494 e. The van der Waals surface area contributed by atoms with Gasteiger partial charge in [-0.15, -0.1) is 0 Å². The molecule has 1 atom stereocenters. The first-order valence-corrected chi connectivity index (χ1v) is 10.8. The third-order valence-electron chi connectivity index (χ3n) is 6.09. The van der Waals surface area contributed by atoms with E-state index in [9.17, 15) is 9.18 Å². The van der Waals surface area contributed by atoms with Crippen molar-refractivity contribution in [2.45, 2.75) is 18.5 Å². The third-order valence-corrected chi connectivity index (χ3v) is 6.09. The van der Waals surface area contributed by atoms with E-state index in [1.807, 2.05) is 42.5 Å². The van der Waals surface area contributed by atoms with Crippen LogP contribution in [0.3, 0.4) is 0 Å². The van der Waals surface area contributed by atoms with Gasteiger partial charge in [0.25, 0.3) is 5.91 Å². The zero-order chi connectivity index (χ0) is 22.8. The van der Waals surface area contributed by atoms with E-state index in [0.717, 1.165) is 17.1 Å². The van der Waals surface area contributed by atoms with Crippen LogP contribution in [0.15, 0.2) is 71.9 Å². The molecule has 0 bridgehead atoms. The minimum atomic E-state index is -0.578. The molecule has 8 heteroatoms. The Balaban J connectivity index is 1.43. The van der Waals surface area contributed by atoms with E-state index >= 15 is 0 Å². The molecule has 1 amide bonds. The topological polar surface area (TPSA) is 78.8 Å². The number of rotatable bonds is 4. The lowest BCUT2D eigenvalue weighted by molar-refractivity contribution is 0.0788. The van der Waals surface area contributed by atoms with Crippen LogP contribution in [0.5, 0.6) is 5.75 Å². The van der Waals surface area contributed by atoms with Crippen LogP contribution in [0.1, 0.15) is 22.3 Å². The second-order valence-corrected chi connectivity index (χ2v) is 8.21. The number of nitrogens with zero attached hydrogens (tertiary/aromatic N) is 3. The normalized spacial score (nSPS) is 20.3. The van der Waals surface area contributed by atoms with E-state index in [1.165, 1.54) is 19.2 Å². The number of halogens is 1. The maximum atomic E-state index is 14.2. The van der Waals surface area contributed by atoms with Crippen LogP contribution in [0, 0.1) is 5.82 Å². The lowest BCUT2D eigenvalue weighted by Gasteiger charge is -2.38. The number of benzene rings is 2. The van der Waals surface area contributed by atoms with Crippen molar-refractivity contribution in [1.82, 2.24) is 9.88 Å². The van der Waals surface area contributed by atoms with Crippen LogP contribution in [-0.4, -0.2) is 47.4 Å². The van der Waals surface area contributed by atoms with Gasteiger partial charge in [0.15, 0.2) is 17.4 Å². The number of fused-ring (bicyclic) bond motifs is 1. The number of amidine groups is 1. The van der Waals surface area contributed by atoms with Crippen LogP contribution < -0.4 is 15.4 Å². The van der Waals surface area contributed by atoms with Crippen molar-refractivity contribution >= 4 is 23.2 Å². The molecule has 1 unspecified atom stereocenters. The van der Waals surface area contributed by atoms with Crippen molar-refractivity contribution in [3.63, 3.8) is 0 Å². The van der Waals surface area contributed by atoms with Gasteiger partial charge in [0.1, 0.15) is 11.4 Å². The van der Waals surface area contributed by atoms with Gasteiger partial charge in [-0.1, -0.05) is 30.3 Å². The molecule has 2 aromatic carbocycles. The highest BCUT2D eigenvalue weighted by molar-refractivity contribution is 6.09. The number of hydrogen-bond acceptors (Lipinski definition) is 5. The number of pyridine rings is 1. The fraction of sp³-hybridized carbons (Fsp3) is 0.240. The highest BCUT2D eigenvalue weighted by Gasteiger charge is 2.47. The predicted octanol–water partition coefficient (Wildman–Crippen LogP) is 3.95. The summed E-state index contributed by atoms with van der Waals surface area (Å²) in [5.41, 5.74) is 1.67. The molecule has 5 rings (SSSR count). The minimum Gasteiger partial charge on any atom is -0.494 e. The first-order valence-electron chi connectivity index (χ1n) is 10.8. The number of methoxy groups -OCH3 is 1. The molecule has 1 spiro atoms. The maximum absolute atomic E-state index is 14.2. The first kappa shape index (κ1) is 20.9. The molecule has 7 nitrogen and oxygen atoms in total. The monoisotopic (exact) mass is 445 g/mol. The summed E-state index contributed by atoms with van der Waals surface area (Å²) >= 11 is 0. The minimum absolute atomic E-state index is 0.113. The number of amides is 1. The summed E-state index contributed by atoms with van der Waals surface area (Å²) in [6, 6.07) is 18.1. The van der Waals surface area contributed by atoms with Crippen LogP contribution in [0.2, 0.25) is 0 Å². The van der Waals surface area contributed by atoms with Crippen molar-refractivity contribution in [1.29, 1.82) is 0 Å². The van der Waals surface area contributed by atoms with Crippen LogP contribution in [0.25, 0.3) is 0 Å². The van der Waals surface area contributed by atoms with Gasteiger partial charge in [0.2, 0.25) is 0 Å². The Hall–Kier alpha value is -3.94. The van der Waals surface area contributed by atoms with E-state index in [1.54, 1.807) is 17.2 Å². The zero-order valence-electron chi connectivity index (χ0n) is 18.2. The Morgan fingerprint density at radius 2 is 2.06 bits per heavy atom. The highest BCUT2D eigenvalue weighted by Crippen LogP contribution is 2.36. The summed E-state index contributed by atoms with van der Waals surface area (Å²) in [4.78, 5) is 24.2. The highest BCUT2D eigenvalue weighted by atomic mass is 19.1. The number of ether oxygens (including phenoxy) is 1. The van der Waals surface area contributed by atoms with Gasteiger partial charge in [-0.3, -0.25) is 9.79 Å². The molecule has 2 aliphatic heterocycles. The molecule has 2 N–H and O–H groups in total. The molecule has 0 radical (unpaired) electrons. The number of anilines is 2. The smallest absolute Gasteiger partial charge is 0.254 e. The Labute approximate surface area is 191 Å². The van der Waals surface area contributed by atoms with E-state index in [2.05, 4.69) is 15.6 Å². The van der Waals surface area contributed by atoms with Gasteiger partial charge >= 0.3 is 0 Å². The maximum Gasteiger partial charge on any atom is 0.254 e. The number of aromatic nitrogens is 1. The van der Waals surface area contributed by atoms with Gasteiger partial charge < -0.3 is 20.3 Å². The summed E-state index contributed by atoms with van der Waals surface area (Å²) in [7, 11) is 1.40. The van der Waals surface area contributed by atoms with Gasteiger partial charge in [-0.25, -0.2) is 9.37 Å². The van der Waals surface area contributed by atoms with Crippen molar-refractivity contribution in [3.8, 4) is 5.75 Å². The van der Waals surface area contributed by atoms with Crippen LogP contribution in [-0.2, 0) is 6.54 Å².